The van der Waals surface area contributed by atoms with Crippen molar-refractivity contribution in [1.82, 2.24) is 19.8 Å². The van der Waals surface area contributed by atoms with E-state index in [-0.39, 0.29) is 0 Å². The number of piperidine rings is 2. The first-order chi connectivity index (χ1) is 11.6. The fraction of sp³-hybridized carbons (Fsp3) is 0.789. The molecule has 2 saturated heterocycles. The maximum absolute atomic E-state index is 12.4. The number of hydrogen-bond acceptors (Lipinski definition) is 3. The van der Waals surface area contributed by atoms with Gasteiger partial charge in [-0.2, -0.15) is 0 Å². The molecule has 1 saturated carbocycles. The van der Waals surface area contributed by atoms with Gasteiger partial charge in [-0.1, -0.05) is 12.8 Å². The Morgan fingerprint density at radius 3 is 2.67 bits per heavy atom. The lowest BCUT2D eigenvalue weighted by molar-refractivity contribution is -0.142. The van der Waals surface area contributed by atoms with Crippen LogP contribution in [0.4, 0.5) is 0 Å². The van der Waals surface area contributed by atoms with Crippen molar-refractivity contribution >= 4 is 5.91 Å². The molecule has 1 spiro atoms. The average molecular weight is 330 g/mol. The van der Waals surface area contributed by atoms with Gasteiger partial charge in [0.2, 0.25) is 5.91 Å². The lowest BCUT2D eigenvalue weighted by Crippen LogP contribution is -2.53. The first kappa shape index (κ1) is 16.1. The summed E-state index contributed by atoms with van der Waals surface area (Å²) in [5.74, 6) is 1.50. The van der Waals surface area contributed by atoms with Crippen molar-refractivity contribution in [2.45, 2.75) is 70.9 Å². The van der Waals surface area contributed by atoms with Gasteiger partial charge in [-0.3, -0.25) is 9.69 Å². The second-order valence-electron chi connectivity index (χ2n) is 8.25. The number of nitrogens with one attached hydrogen (secondary N) is 1. The minimum Gasteiger partial charge on any atom is -0.345 e. The van der Waals surface area contributed by atoms with Crippen LogP contribution in [0.5, 0.6) is 0 Å². The molecule has 132 valence electrons. The van der Waals surface area contributed by atoms with Gasteiger partial charge in [0.25, 0.3) is 0 Å². The third-order valence-corrected chi connectivity index (χ3v) is 6.51. The largest absolute Gasteiger partial charge is 0.345 e. The molecule has 1 aromatic heterocycles. The van der Waals surface area contributed by atoms with Crippen molar-refractivity contribution in [2.75, 3.05) is 19.6 Å². The van der Waals surface area contributed by atoms with E-state index in [1.807, 2.05) is 6.20 Å². The topological polar surface area (TPSA) is 52.2 Å². The smallest absolute Gasteiger partial charge is 0.222 e. The van der Waals surface area contributed by atoms with Crippen molar-refractivity contribution in [3.63, 3.8) is 0 Å². The molecule has 1 N–H and O–H groups in total. The minimum atomic E-state index is 0.381. The van der Waals surface area contributed by atoms with Crippen LogP contribution in [0.25, 0.3) is 0 Å². The quantitative estimate of drug-likeness (QED) is 0.927. The number of H-pyrrole nitrogens is 1. The number of imidazole rings is 1. The molecule has 3 aliphatic rings. The second kappa shape index (κ2) is 6.51. The van der Waals surface area contributed by atoms with Crippen molar-refractivity contribution < 1.29 is 4.79 Å². The molecule has 3 fully saturated rings. The van der Waals surface area contributed by atoms with Crippen LogP contribution in [0.1, 0.15) is 62.9 Å². The monoisotopic (exact) mass is 330 g/mol. The molecule has 5 nitrogen and oxygen atoms in total. The normalized spacial score (nSPS) is 25.7. The number of carbonyl (C=O) groups is 1. The molecule has 0 bridgehead atoms. The lowest BCUT2D eigenvalue weighted by atomic mass is 9.72. The first-order valence-electron chi connectivity index (χ1n) is 9.66. The van der Waals surface area contributed by atoms with Crippen molar-refractivity contribution in [1.29, 1.82) is 0 Å². The molecular formula is C19H30N4O. The highest BCUT2D eigenvalue weighted by molar-refractivity contribution is 5.77. The van der Waals surface area contributed by atoms with Crippen LogP contribution in [-0.2, 0) is 11.3 Å². The summed E-state index contributed by atoms with van der Waals surface area (Å²) in [7, 11) is 0. The zero-order valence-corrected chi connectivity index (χ0v) is 14.9. The maximum atomic E-state index is 12.4. The fourth-order valence-corrected chi connectivity index (χ4v) is 4.95. The highest BCUT2D eigenvalue weighted by Gasteiger charge is 2.43. The van der Waals surface area contributed by atoms with E-state index in [9.17, 15) is 4.79 Å². The Morgan fingerprint density at radius 2 is 2.00 bits per heavy atom. The Bertz CT molecular complexity index is 582. The Kier molecular flexibility index (Phi) is 4.37. The third kappa shape index (κ3) is 3.23. The van der Waals surface area contributed by atoms with Crippen LogP contribution in [0.3, 0.4) is 0 Å². The van der Waals surface area contributed by atoms with E-state index >= 15 is 0 Å². The van der Waals surface area contributed by atoms with E-state index in [1.165, 1.54) is 38.5 Å². The number of aromatic amines is 1. The number of hydrogen-bond donors (Lipinski definition) is 1. The van der Waals surface area contributed by atoms with E-state index in [0.29, 0.717) is 17.4 Å². The summed E-state index contributed by atoms with van der Waals surface area (Å²) in [6.07, 6.45) is 11.3. The van der Waals surface area contributed by atoms with E-state index in [0.717, 1.165) is 50.5 Å². The predicted octanol–water partition coefficient (Wildman–Crippen LogP) is 2.87. The third-order valence-electron chi connectivity index (χ3n) is 6.51. The fourth-order valence-electron chi connectivity index (χ4n) is 4.95. The number of amides is 1. The number of aryl methyl sites for hydroxylation is 1. The predicted molar refractivity (Wildman–Crippen MR) is 93.5 cm³/mol. The molecule has 3 heterocycles. The molecule has 5 heteroatoms. The van der Waals surface area contributed by atoms with Gasteiger partial charge in [0.05, 0.1) is 6.54 Å². The van der Waals surface area contributed by atoms with Gasteiger partial charge < -0.3 is 9.88 Å². The molecule has 1 amide bonds. The van der Waals surface area contributed by atoms with Crippen LogP contribution < -0.4 is 0 Å². The standard InChI is InChI=1S/C19H30N4O/c1-15-12-20-17(21-15)13-22-10-8-19(9-11-22)7-6-18(24)23(14-19)16-4-2-3-5-16/h12,16H,2-11,13-14H2,1H3,(H,20,21). The zero-order chi connectivity index (χ0) is 16.6. The average Bonchev–Trinajstić information content (AvgIpc) is 3.24. The van der Waals surface area contributed by atoms with Crippen LogP contribution in [0.15, 0.2) is 6.20 Å². The first-order valence-corrected chi connectivity index (χ1v) is 9.66. The van der Waals surface area contributed by atoms with Gasteiger partial charge in [0.15, 0.2) is 0 Å². The Hall–Kier alpha value is -1.36. The van der Waals surface area contributed by atoms with Gasteiger partial charge in [-0.25, -0.2) is 4.98 Å². The van der Waals surface area contributed by atoms with E-state index < -0.39 is 0 Å². The highest BCUT2D eigenvalue weighted by Crippen LogP contribution is 2.42. The van der Waals surface area contributed by atoms with E-state index in [2.05, 4.69) is 26.7 Å². The van der Waals surface area contributed by atoms with Gasteiger partial charge in [0.1, 0.15) is 5.82 Å². The summed E-state index contributed by atoms with van der Waals surface area (Å²) in [5, 5.41) is 0. The Labute approximate surface area is 144 Å². The van der Waals surface area contributed by atoms with Gasteiger partial charge in [-0.05, 0) is 57.5 Å². The molecule has 0 radical (unpaired) electrons. The van der Waals surface area contributed by atoms with Crippen LogP contribution in [-0.4, -0.2) is 51.4 Å². The van der Waals surface area contributed by atoms with Crippen molar-refractivity contribution in [3.8, 4) is 0 Å². The van der Waals surface area contributed by atoms with E-state index in [4.69, 9.17) is 0 Å². The second-order valence-corrected chi connectivity index (χ2v) is 8.25. The molecule has 0 aromatic carbocycles. The van der Waals surface area contributed by atoms with Crippen molar-refractivity contribution in [2.24, 2.45) is 5.41 Å². The number of likely N-dealkylation sites (tertiary alicyclic amines) is 2. The molecule has 0 atom stereocenters. The summed E-state index contributed by atoms with van der Waals surface area (Å²) < 4.78 is 0. The highest BCUT2D eigenvalue weighted by atomic mass is 16.2. The maximum Gasteiger partial charge on any atom is 0.222 e. The molecule has 4 rings (SSSR count). The van der Waals surface area contributed by atoms with Crippen LogP contribution in [0.2, 0.25) is 0 Å². The van der Waals surface area contributed by atoms with Crippen LogP contribution >= 0.6 is 0 Å². The molecule has 0 unspecified atom stereocenters. The zero-order valence-electron chi connectivity index (χ0n) is 14.9. The van der Waals surface area contributed by atoms with Gasteiger partial charge >= 0.3 is 0 Å². The molecule has 2 aliphatic heterocycles. The SMILES string of the molecule is Cc1cnc(CN2CCC3(CCC(=O)N(C4CCCC4)C3)CC2)[nH]1. The minimum absolute atomic E-state index is 0.381. The number of nitrogens with zero attached hydrogens (tertiary/aromatic N) is 3. The number of carbonyl (C=O) groups excluding carboxylic acids is 1. The van der Waals surface area contributed by atoms with E-state index in [1.54, 1.807) is 0 Å². The summed E-state index contributed by atoms with van der Waals surface area (Å²) in [6, 6.07) is 0.541. The summed E-state index contributed by atoms with van der Waals surface area (Å²) in [6.45, 7) is 6.26. The molecule has 24 heavy (non-hydrogen) atoms. The molecule has 1 aliphatic carbocycles. The molecular weight excluding hydrogens is 300 g/mol. The number of rotatable bonds is 3. The van der Waals surface area contributed by atoms with Crippen LogP contribution in [0, 0.1) is 12.3 Å². The summed E-state index contributed by atoms with van der Waals surface area (Å²) in [4.78, 5) is 25.0. The number of aromatic nitrogens is 2. The lowest BCUT2D eigenvalue weighted by Gasteiger charge is -2.49. The Morgan fingerprint density at radius 1 is 1.25 bits per heavy atom. The van der Waals surface area contributed by atoms with Gasteiger partial charge in [-0.15, -0.1) is 0 Å². The summed E-state index contributed by atoms with van der Waals surface area (Å²) >= 11 is 0. The van der Waals surface area contributed by atoms with Crippen molar-refractivity contribution in [3.05, 3.63) is 17.7 Å². The Balaban J connectivity index is 1.36. The molecule has 1 aromatic rings. The summed E-state index contributed by atoms with van der Waals surface area (Å²) in [5.41, 5.74) is 1.52. The van der Waals surface area contributed by atoms with Gasteiger partial charge in [0, 0.05) is 30.9 Å².